The average Bonchev–Trinajstić information content (AvgIpc) is 3.34. The Kier molecular flexibility index (Phi) is 3.94. The van der Waals surface area contributed by atoms with Gasteiger partial charge in [0.25, 0.3) is 5.91 Å². The van der Waals surface area contributed by atoms with E-state index in [-0.39, 0.29) is 11.9 Å². The molecule has 1 amide bonds. The second-order valence-corrected chi connectivity index (χ2v) is 6.71. The van der Waals surface area contributed by atoms with Crippen LogP contribution >= 0.6 is 0 Å². The van der Waals surface area contributed by atoms with Crippen LogP contribution in [0.15, 0.2) is 79.8 Å². The van der Waals surface area contributed by atoms with Crippen LogP contribution in [0.4, 0.5) is 0 Å². The van der Waals surface area contributed by atoms with Crippen LogP contribution in [-0.4, -0.2) is 32.0 Å². The van der Waals surface area contributed by atoms with E-state index in [0.29, 0.717) is 12.1 Å². The van der Waals surface area contributed by atoms with Crippen LogP contribution in [-0.2, 0) is 0 Å². The van der Waals surface area contributed by atoms with E-state index in [9.17, 15) is 4.79 Å². The molecule has 1 atom stereocenters. The normalized spacial score (nSPS) is 14.4. The molecule has 0 fully saturated rings. The van der Waals surface area contributed by atoms with Gasteiger partial charge < -0.3 is 9.88 Å². The average molecular weight is 367 g/mol. The third kappa shape index (κ3) is 2.75. The Bertz CT molecular complexity index is 1150. The van der Waals surface area contributed by atoms with Crippen LogP contribution in [0, 0.1) is 0 Å². The fourth-order valence-electron chi connectivity index (χ4n) is 3.72. The van der Waals surface area contributed by atoms with Gasteiger partial charge in [-0.2, -0.15) is 0 Å². The molecule has 0 saturated carbocycles. The molecule has 0 radical (unpaired) electrons. The van der Waals surface area contributed by atoms with Gasteiger partial charge in [0.1, 0.15) is 6.33 Å². The molecule has 0 unspecified atom stereocenters. The molecule has 0 spiro atoms. The van der Waals surface area contributed by atoms with Crippen molar-refractivity contribution in [2.75, 3.05) is 6.54 Å². The summed E-state index contributed by atoms with van der Waals surface area (Å²) in [5.41, 5.74) is 5.86. The first-order valence-corrected chi connectivity index (χ1v) is 9.06. The van der Waals surface area contributed by atoms with Crippen molar-refractivity contribution in [1.29, 1.82) is 0 Å². The Labute approximate surface area is 161 Å². The van der Waals surface area contributed by atoms with Crippen molar-refractivity contribution in [2.24, 2.45) is 0 Å². The van der Waals surface area contributed by atoms with E-state index in [1.54, 1.807) is 12.4 Å². The van der Waals surface area contributed by atoms with E-state index in [4.69, 9.17) is 0 Å². The van der Waals surface area contributed by atoms with Gasteiger partial charge in [0, 0.05) is 35.6 Å². The second-order valence-electron chi connectivity index (χ2n) is 6.71. The maximum atomic E-state index is 12.8. The molecular weight excluding hydrogens is 350 g/mol. The first-order chi connectivity index (χ1) is 13.8. The quantitative estimate of drug-likeness (QED) is 0.600. The molecule has 28 heavy (non-hydrogen) atoms. The molecule has 1 aliphatic rings. The zero-order chi connectivity index (χ0) is 18.9. The highest BCUT2D eigenvalue weighted by molar-refractivity contribution is 5.95. The van der Waals surface area contributed by atoms with Crippen molar-refractivity contribution in [2.45, 2.75) is 6.04 Å². The molecule has 136 valence electrons. The maximum absolute atomic E-state index is 12.8. The minimum Gasteiger partial charge on any atom is -0.350 e. The van der Waals surface area contributed by atoms with Gasteiger partial charge in [-0.1, -0.05) is 36.4 Å². The summed E-state index contributed by atoms with van der Waals surface area (Å²) in [6.07, 6.45) is 8.65. The summed E-state index contributed by atoms with van der Waals surface area (Å²) in [4.78, 5) is 25.1. The number of benzene rings is 2. The minimum absolute atomic E-state index is 0.0448. The van der Waals surface area contributed by atoms with Crippen LogP contribution in [0.3, 0.4) is 0 Å². The van der Waals surface area contributed by atoms with E-state index in [2.05, 4.69) is 37.0 Å². The number of nitrogens with one attached hydrogen (secondary N) is 1. The van der Waals surface area contributed by atoms with E-state index in [1.807, 2.05) is 48.9 Å². The lowest BCUT2D eigenvalue weighted by Gasteiger charge is -2.16. The lowest BCUT2D eigenvalue weighted by molar-refractivity contribution is 0.0950. The van der Waals surface area contributed by atoms with Gasteiger partial charge >= 0.3 is 0 Å². The van der Waals surface area contributed by atoms with E-state index in [0.717, 1.165) is 16.8 Å². The lowest BCUT2D eigenvalue weighted by atomic mass is 10.0. The summed E-state index contributed by atoms with van der Waals surface area (Å²) in [6.45, 7) is 0.498. The summed E-state index contributed by atoms with van der Waals surface area (Å²) < 4.78 is 2.11. The largest absolute Gasteiger partial charge is 0.350 e. The first kappa shape index (κ1) is 16.4. The Balaban J connectivity index is 1.36. The summed E-state index contributed by atoms with van der Waals surface area (Å²) in [5, 5.41) is 3.07. The monoisotopic (exact) mass is 367 g/mol. The Morgan fingerprint density at radius 3 is 2.71 bits per heavy atom. The molecule has 1 aliphatic heterocycles. The molecule has 2 aromatic heterocycles. The third-order valence-corrected chi connectivity index (χ3v) is 5.07. The van der Waals surface area contributed by atoms with E-state index in [1.165, 1.54) is 17.5 Å². The number of amides is 1. The molecular formula is C22H17N5O. The molecule has 0 saturated heterocycles. The Morgan fingerprint density at radius 2 is 1.82 bits per heavy atom. The van der Waals surface area contributed by atoms with Gasteiger partial charge in [0.05, 0.1) is 24.3 Å². The van der Waals surface area contributed by atoms with Crippen molar-refractivity contribution in [1.82, 2.24) is 24.8 Å². The Hall–Kier alpha value is -3.80. The van der Waals surface area contributed by atoms with Crippen molar-refractivity contribution in [3.63, 3.8) is 0 Å². The van der Waals surface area contributed by atoms with Gasteiger partial charge in [-0.3, -0.25) is 4.79 Å². The number of nitrogens with zero attached hydrogens (tertiary/aromatic N) is 4. The van der Waals surface area contributed by atoms with Crippen LogP contribution in [0.1, 0.15) is 22.0 Å². The molecule has 3 heterocycles. The third-order valence-electron chi connectivity index (χ3n) is 5.07. The molecule has 0 aliphatic carbocycles. The Morgan fingerprint density at radius 1 is 0.964 bits per heavy atom. The summed E-state index contributed by atoms with van der Waals surface area (Å²) in [6, 6.07) is 15.8. The number of hydrogen-bond donors (Lipinski definition) is 1. The molecule has 1 N–H and O–H groups in total. The van der Waals surface area contributed by atoms with Gasteiger partial charge in [-0.05, 0) is 23.3 Å². The van der Waals surface area contributed by atoms with Gasteiger partial charge in [-0.15, -0.1) is 0 Å². The zero-order valence-corrected chi connectivity index (χ0v) is 15.0. The lowest BCUT2D eigenvalue weighted by Crippen LogP contribution is -2.30. The molecule has 5 rings (SSSR count). The number of hydrogen-bond acceptors (Lipinski definition) is 4. The highest BCUT2D eigenvalue weighted by atomic mass is 16.1. The van der Waals surface area contributed by atoms with E-state index < -0.39 is 0 Å². The smallest absolute Gasteiger partial charge is 0.251 e. The fourth-order valence-corrected chi connectivity index (χ4v) is 3.72. The minimum atomic E-state index is -0.107. The highest BCUT2D eigenvalue weighted by Crippen LogP contribution is 2.38. The van der Waals surface area contributed by atoms with Crippen LogP contribution in [0.2, 0.25) is 0 Å². The molecule has 6 nitrogen and oxygen atoms in total. The van der Waals surface area contributed by atoms with Crippen molar-refractivity contribution < 1.29 is 4.79 Å². The van der Waals surface area contributed by atoms with Crippen LogP contribution in [0.25, 0.3) is 22.4 Å². The topological polar surface area (TPSA) is 72.7 Å². The number of fused-ring (bicyclic) bond motifs is 3. The number of imidazole rings is 1. The molecule has 2 aromatic carbocycles. The standard InChI is InChI=1S/C22H17N5O/c28-22(16-5-3-4-15(8-16)17-9-23-13-24-10-17)26-12-21-19-7-2-1-6-18(19)20-11-25-14-27(20)21/h1-11,13-14,21H,12H2,(H,26,28)/t21-/m1/s1. The van der Waals surface area contributed by atoms with Gasteiger partial charge in [0.15, 0.2) is 0 Å². The SMILES string of the molecule is O=C(NC[C@@H]1c2ccccc2-c2cncn21)c1cccc(-c2cncnc2)c1. The predicted molar refractivity (Wildman–Crippen MR) is 106 cm³/mol. The van der Waals surface area contributed by atoms with Crippen LogP contribution in [0.5, 0.6) is 0 Å². The number of carbonyl (C=O) groups is 1. The van der Waals surface area contributed by atoms with Gasteiger partial charge in [-0.25, -0.2) is 15.0 Å². The highest BCUT2D eigenvalue weighted by Gasteiger charge is 2.28. The van der Waals surface area contributed by atoms with Crippen molar-refractivity contribution >= 4 is 5.91 Å². The number of rotatable bonds is 4. The fraction of sp³-hybridized carbons (Fsp3) is 0.0909. The second kappa shape index (κ2) is 6.74. The summed E-state index contributed by atoms with van der Waals surface area (Å²) >= 11 is 0. The zero-order valence-electron chi connectivity index (χ0n) is 15.0. The van der Waals surface area contributed by atoms with E-state index >= 15 is 0 Å². The molecule has 4 aromatic rings. The molecule has 0 bridgehead atoms. The van der Waals surface area contributed by atoms with Crippen molar-refractivity contribution in [3.05, 3.63) is 90.9 Å². The van der Waals surface area contributed by atoms with Gasteiger partial charge in [0.2, 0.25) is 0 Å². The maximum Gasteiger partial charge on any atom is 0.251 e. The summed E-state index contributed by atoms with van der Waals surface area (Å²) in [7, 11) is 0. The molecule has 6 heteroatoms. The van der Waals surface area contributed by atoms with Crippen LogP contribution < -0.4 is 5.32 Å². The number of carbonyl (C=O) groups excluding carboxylic acids is 1. The number of aromatic nitrogens is 4. The predicted octanol–water partition coefficient (Wildman–Crippen LogP) is 3.34. The summed E-state index contributed by atoms with van der Waals surface area (Å²) in [5.74, 6) is -0.107. The first-order valence-electron chi connectivity index (χ1n) is 9.06. The van der Waals surface area contributed by atoms with Crippen molar-refractivity contribution in [3.8, 4) is 22.4 Å².